The number of hydrogen-bond acceptors (Lipinski definition) is 3. The number of aromatic nitrogens is 2. The van der Waals surface area contributed by atoms with E-state index in [4.69, 9.17) is 0 Å². The monoisotopic (exact) mass is 364 g/mol. The summed E-state index contributed by atoms with van der Waals surface area (Å²) in [5, 5.41) is 0. The van der Waals surface area contributed by atoms with Crippen LogP contribution in [0.1, 0.15) is 11.3 Å². The Hall–Kier alpha value is -3.15. The van der Waals surface area contributed by atoms with Gasteiger partial charge >= 0.3 is 0 Å². The fourth-order valence-corrected chi connectivity index (χ4v) is 3.33. The molecule has 138 valence electrons. The number of amides is 1. The lowest BCUT2D eigenvalue weighted by Gasteiger charge is -2.35. The molecule has 0 atom stereocenters. The summed E-state index contributed by atoms with van der Waals surface area (Å²) in [4.78, 5) is 20.6. The van der Waals surface area contributed by atoms with Gasteiger partial charge in [0.15, 0.2) is 0 Å². The number of hydrogen-bond donors (Lipinski definition) is 0. The summed E-state index contributed by atoms with van der Waals surface area (Å²) in [7, 11) is 0. The van der Waals surface area contributed by atoms with Gasteiger partial charge in [0.25, 0.3) is 0 Å². The van der Waals surface area contributed by atoms with Gasteiger partial charge in [-0.15, -0.1) is 0 Å². The van der Waals surface area contributed by atoms with Crippen molar-refractivity contribution in [2.45, 2.75) is 13.5 Å². The molecule has 5 nitrogen and oxygen atoms in total. The molecular formula is C21H21FN4O. The molecule has 0 unspecified atom stereocenters. The van der Waals surface area contributed by atoms with Crippen LogP contribution in [0.3, 0.4) is 0 Å². The van der Waals surface area contributed by atoms with Gasteiger partial charge in [0, 0.05) is 42.8 Å². The summed E-state index contributed by atoms with van der Waals surface area (Å²) in [6, 6.07) is 14.7. The van der Waals surface area contributed by atoms with Crippen molar-refractivity contribution in [2.24, 2.45) is 0 Å². The summed E-state index contributed by atoms with van der Waals surface area (Å²) < 4.78 is 15.8. The minimum absolute atomic E-state index is 0.0128. The first-order chi connectivity index (χ1) is 13.1. The Balaban J connectivity index is 1.42. The van der Waals surface area contributed by atoms with Gasteiger partial charge in [-0.1, -0.05) is 18.2 Å². The normalized spacial score (nSPS) is 14.7. The highest BCUT2D eigenvalue weighted by Crippen LogP contribution is 2.21. The van der Waals surface area contributed by atoms with E-state index in [0.29, 0.717) is 25.2 Å². The molecule has 4 rings (SSSR count). The summed E-state index contributed by atoms with van der Waals surface area (Å²) in [5.74, 6) is -0.253. The van der Waals surface area contributed by atoms with Crippen molar-refractivity contribution >= 4 is 11.6 Å². The van der Waals surface area contributed by atoms with E-state index in [2.05, 4.69) is 9.88 Å². The zero-order valence-electron chi connectivity index (χ0n) is 15.2. The van der Waals surface area contributed by atoms with E-state index < -0.39 is 0 Å². The molecule has 1 aliphatic rings. The summed E-state index contributed by atoms with van der Waals surface area (Å²) in [6.07, 6.45) is 3.76. The van der Waals surface area contributed by atoms with Crippen LogP contribution in [0, 0.1) is 12.7 Å². The van der Waals surface area contributed by atoms with Gasteiger partial charge in [-0.25, -0.2) is 9.37 Å². The van der Waals surface area contributed by atoms with Crippen LogP contribution in [0.4, 0.5) is 10.1 Å². The highest BCUT2D eigenvalue weighted by atomic mass is 19.1. The molecule has 1 fully saturated rings. The van der Waals surface area contributed by atoms with Crippen LogP contribution in [-0.2, 0) is 11.3 Å². The topological polar surface area (TPSA) is 41.4 Å². The number of carbonyl (C=O) groups is 1. The maximum atomic E-state index is 13.8. The number of imidazole rings is 1. The van der Waals surface area contributed by atoms with Gasteiger partial charge in [-0.3, -0.25) is 4.79 Å². The third-order valence-corrected chi connectivity index (χ3v) is 4.86. The van der Waals surface area contributed by atoms with E-state index in [1.54, 1.807) is 29.4 Å². The van der Waals surface area contributed by atoms with Crippen molar-refractivity contribution in [3.05, 3.63) is 78.1 Å². The second-order valence-electron chi connectivity index (χ2n) is 6.77. The van der Waals surface area contributed by atoms with Crippen molar-refractivity contribution in [2.75, 3.05) is 24.5 Å². The molecule has 0 saturated carbocycles. The van der Waals surface area contributed by atoms with Crippen LogP contribution in [0.2, 0.25) is 0 Å². The highest BCUT2D eigenvalue weighted by molar-refractivity contribution is 5.83. The van der Waals surface area contributed by atoms with Gasteiger partial charge in [0.2, 0.25) is 5.91 Å². The Morgan fingerprint density at radius 2 is 1.78 bits per heavy atom. The molecule has 27 heavy (non-hydrogen) atoms. The summed E-state index contributed by atoms with van der Waals surface area (Å²) in [5.41, 5.74) is 3.56. The average Bonchev–Trinajstić information content (AvgIpc) is 3.11. The third-order valence-electron chi connectivity index (χ3n) is 4.86. The number of benzene rings is 2. The predicted molar refractivity (Wildman–Crippen MR) is 102 cm³/mol. The second kappa shape index (κ2) is 7.23. The lowest BCUT2D eigenvalue weighted by molar-refractivity contribution is -0.131. The summed E-state index contributed by atoms with van der Waals surface area (Å²) in [6.45, 7) is 3.88. The van der Waals surface area contributed by atoms with E-state index >= 15 is 0 Å². The molecule has 1 aliphatic heterocycles. The maximum absolute atomic E-state index is 13.8. The van der Waals surface area contributed by atoms with Crippen LogP contribution in [-0.4, -0.2) is 40.0 Å². The van der Waals surface area contributed by atoms with Crippen LogP contribution < -0.4 is 4.90 Å². The molecule has 3 aromatic rings. The highest BCUT2D eigenvalue weighted by Gasteiger charge is 2.24. The average molecular weight is 364 g/mol. The molecule has 0 bridgehead atoms. The smallest absolute Gasteiger partial charge is 0.242 e. The molecule has 0 spiro atoms. The van der Waals surface area contributed by atoms with Crippen molar-refractivity contribution < 1.29 is 9.18 Å². The van der Waals surface area contributed by atoms with Gasteiger partial charge in [0.05, 0.1) is 18.6 Å². The first-order valence-corrected chi connectivity index (χ1v) is 8.97. The van der Waals surface area contributed by atoms with Crippen LogP contribution in [0.5, 0.6) is 0 Å². The fourth-order valence-electron chi connectivity index (χ4n) is 3.33. The van der Waals surface area contributed by atoms with E-state index in [-0.39, 0.29) is 11.7 Å². The van der Waals surface area contributed by atoms with Crippen LogP contribution in [0.15, 0.2) is 61.1 Å². The molecule has 6 heteroatoms. The standard InChI is InChI=1S/C21H21FN4O/c1-16-12-26(15-23-16)19-8-6-18(7-9-19)24-10-11-25(21(27)14-24)13-17-4-2-3-5-20(17)22/h2-9,12,15H,10-11,13-14H2,1H3. The van der Waals surface area contributed by atoms with Gasteiger partial charge in [-0.05, 0) is 37.3 Å². The zero-order valence-corrected chi connectivity index (χ0v) is 15.2. The quantitative estimate of drug-likeness (QED) is 0.714. The number of carbonyl (C=O) groups excluding carboxylic acids is 1. The Bertz CT molecular complexity index is 951. The Morgan fingerprint density at radius 1 is 1.04 bits per heavy atom. The van der Waals surface area contributed by atoms with Gasteiger partial charge in [0.1, 0.15) is 5.82 Å². The Morgan fingerprint density at radius 3 is 2.44 bits per heavy atom. The molecule has 0 N–H and O–H groups in total. The second-order valence-corrected chi connectivity index (χ2v) is 6.77. The predicted octanol–water partition coefficient (Wildman–Crippen LogP) is 3.17. The van der Waals surface area contributed by atoms with E-state index in [0.717, 1.165) is 23.6 Å². The minimum atomic E-state index is -0.266. The number of piperazine rings is 1. The number of aryl methyl sites for hydroxylation is 1. The molecule has 1 aromatic heterocycles. The largest absolute Gasteiger partial charge is 0.360 e. The first kappa shape index (κ1) is 17.3. The van der Waals surface area contributed by atoms with Crippen LogP contribution in [0.25, 0.3) is 5.69 Å². The molecular weight excluding hydrogens is 343 g/mol. The first-order valence-electron chi connectivity index (χ1n) is 8.97. The minimum Gasteiger partial charge on any atom is -0.360 e. The van der Waals surface area contributed by atoms with E-state index in [1.165, 1.54) is 6.07 Å². The van der Waals surface area contributed by atoms with Gasteiger partial charge in [-0.2, -0.15) is 0 Å². The number of anilines is 1. The Labute approximate surface area is 157 Å². The fraction of sp³-hybridized carbons (Fsp3) is 0.238. The van der Waals surface area contributed by atoms with Gasteiger partial charge < -0.3 is 14.4 Å². The molecule has 2 aromatic carbocycles. The van der Waals surface area contributed by atoms with E-state index in [1.807, 2.05) is 42.0 Å². The number of halogens is 1. The van der Waals surface area contributed by atoms with Crippen molar-refractivity contribution in [3.63, 3.8) is 0 Å². The molecule has 1 amide bonds. The number of rotatable bonds is 4. The van der Waals surface area contributed by atoms with Crippen molar-refractivity contribution in [1.29, 1.82) is 0 Å². The Kier molecular flexibility index (Phi) is 4.62. The lowest BCUT2D eigenvalue weighted by Crippen LogP contribution is -2.50. The zero-order chi connectivity index (χ0) is 18.8. The third kappa shape index (κ3) is 3.69. The number of nitrogens with zero attached hydrogens (tertiary/aromatic N) is 4. The summed E-state index contributed by atoms with van der Waals surface area (Å²) >= 11 is 0. The van der Waals surface area contributed by atoms with Crippen molar-refractivity contribution in [1.82, 2.24) is 14.5 Å². The van der Waals surface area contributed by atoms with Crippen molar-refractivity contribution in [3.8, 4) is 5.69 Å². The molecule has 1 saturated heterocycles. The van der Waals surface area contributed by atoms with E-state index in [9.17, 15) is 9.18 Å². The molecule has 0 aliphatic carbocycles. The molecule has 2 heterocycles. The maximum Gasteiger partial charge on any atom is 0.242 e. The van der Waals surface area contributed by atoms with Crippen LogP contribution >= 0.6 is 0 Å². The SMILES string of the molecule is Cc1cn(-c2ccc(N3CCN(Cc4ccccc4F)C(=O)C3)cc2)cn1. The lowest BCUT2D eigenvalue weighted by atomic mass is 10.1. The molecule has 0 radical (unpaired) electrons.